The second kappa shape index (κ2) is 5.04. The van der Waals surface area contributed by atoms with Gasteiger partial charge in [0.2, 0.25) is 0 Å². The third-order valence-corrected chi connectivity index (χ3v) is 2.56. The van der Waals surface area contributed by atoms with E-state index in [1.54, 1.807) is 24.3 Å². The van der Waals surface area contributed by atoms with Crippen LogP contribution in [0.3, 0.4) is 0 Å². The smallest absolute Gasteiger partial charge is 0.146 e. The molecular weight excluding hydrogens is 236 g/mol. The first-order valence-corrected chi connectivity index (χ1v) is 5.59. The van der Waals surface area contributed by atoms with Gasteiger partial charge in [-0.3, -0.25) is 0 Å². The first-order valence-electron chi connectivity index (χ1n) is 5.59. The van der Waals surface area contributed by atoms with E-state index in [1.807, 2.05) is 6.92 Å². The number of hydrogen-bond donors (Lipinski definition) is 1. The second-order valence-electron chi connectivity index (χ2n) is 3.81. The monoisotopic (exact) mass is 249 g/mol. The van der Waals surface area contributed by atoms with Gasteiger partial charge in [0.15, 0.2) is 0 Å². The molecule has 2 nitrogen and oxygen atoms in total. The number of nitrogens with two attached hydrogens (primary N) is 1. The van der Waals surface area contributed by atoms with Gasteiger partial charge in [0.05, 0.1) is 12.3 Å². The van der Waals surface area contributed by atoms with Crippen molar-refractivity contribution in [3.63, 3.8) is 0 Å². The van der Waals surface area contributed by atoms with E-state index in [1.165, 1.54) is 0 Å². The lowest BCUT2D eigenvalue weighted by atomic mass is 10.0. The van der Waals surface area contributed by atoms with Crippen LogP contribution in [0.1, 0.15) is 6.92 Å². The fourth-order valence-electron chi connectivity index (χ4n) is 1.68. The molecule has 2 aromatic rings. The Bertz CT molecular complexity index is 552. The van der Waals surface area contributed by atoms with Crippen LogP contribution >= 0.6 is 0 Å². The maximum Gasteiger partial charge on any atom is 0.146 e. The summed E-state index contributed by atoms with van der Waals surface area (Å²) in [5.74, 6) is -0.476. The van der Waals surface area contributed by atoms with Crippen molar-refractivity contribution in [1.29, 1.82) is 0 Å². The molecule has 0 saturated carbocycles. The van der Waals surface area contributed by atoms with Crippen LogP contribution in [0, 0.1) is 11.6 Å². The van der Waals surface area contributed by atoms with E-state index in [4.69, 9.17) is 10.5 Å². The Kier molecular flexibility index (Phi) is 3.46. The minimum absolute atomic E-state index is 0.185. The van der Waals surface area contributed by atoms with Crippen LogP contribution < -0.4 is 10.5 Å². The van der Waals surface area contributed by atoms with Crippen molar-refractivity contribution in [3.05, 3.63) is 48.0 Å². The van der Waals surface area contributed by atoms with Crippen molar-refractivity contribution in [2.24, 2.45) is 0 Å². The molecule has 0 saturated heterocycles. The van der Waals surface area contributed by atoms with Gasteiger partial charge in [-0.2, -0.15) is 0 Å². The highest BCUT2D eigenvalue weighted by atomic mass is 19.1. The Morgan fingerprint density at radius 3 is 2.33 bits per heavy atom. The molecule has 0 aliphatic rings. The Morgan fingerprint density at radius 1 is 1.06 bits per heavy atom. The van der Waals surface area contributed by atoms with Crippen LogP contribution in [0.25, 0.3) is 11.1 Å². The van der Waals surface area contributed by atoms with Gasteiger partial charge in [-0.1, -0.05) is 12.1 Å². The van der Waals surface area contributed by atoms with Gasteiger partial charge < -0.3 is 10.5 Å². The van der Waals surface area contributed by atoms with E-state index in [2.05, 4.69) is 0 Å². The third kappa shape index (κ3) is 2.42. The Morgan fingerprint density at radius 2 is 1.72 bits per heavy atom. The minimum atomic E-state index is -0.625. The van der Waals surface area contributed by atoms with Gasteiger partial charge in [0, 0.05) is 11.6 Å². The number of anilines is 1. The van der Waals surface area contributed by atoms with Crippen molar-refractivity contribution in [3.8, 4) is 16.9 Å². The normalized spacial score (nSPS) is 10.4. The lowest BCUT2D eigenvalue weighted by Gasteiger charge is -2.07. The summed E-state index contributed by atoms with van der Waals surface area (Å²) < 4.78 is 32.3. The van der Waals surface area contributed by atoms with Crippen molar-refractivity contribution in [2.45, 2.75) is 6.92 Å². The maximum absolute atomic E-state index is 13.7. The molecule has 94 valence electrons. The van der Waals surface area contributed by atoms with E-state index in [0.717, 1.165) is 12.1 Å². The summed E-state index contributed by atoms with van der Waals surface area (Å²) >= 11 is 0. The number of benzene rings is 2. The SMILES string of the molecule is CCOc1ccc(-c2cc(F)c(N)cc2F)cc1. The summed E-state index contributed by atoms with van der Waals surface area (Å²) in [6, 6.07) is 8.87. The predicted octanol–water partition coefficient (Wildman–Crippen LogP) is 3.61. The molecule has 2 N–H and O–H groups in total. The summed E-state index contributed by atoms with van der Waals surface area (Å²) in [5.41, 5.74) is 5.87. The molecule has 2 aromatic carbocycles. The number of ether oxygens (including phenoxy) is 1. The number of hydrogen-bond acceptors (Lipinski definition) is 2. The van der Waals surface area contributed by atoms with E-state index >= 15 is 0 Å². The molecule has 0 aliphatic heterocycles. The van der Waals surface area contributed by atoms with Gasteiger partial charge in [-0.25, -0.2) is 8.78 Å². The molecule has 0 spiro atoms. The fourth-order valence-corrected chi connectivity index (χ4v) is 1.68. The van der Waals surface area contributed by atoms with Crippen LogP contribution in [0.2, 0.25) is 0 Å². The highest BCUT2D eigenvalue weighted by Gasteiger charge is 2.09. The van der Waals surface area contributed by atoms with Crippen molar-refractivity contribution < 1.29 is 13.5 Å². The summed E-state index contributed by atoms with van der Waals surface area (Å²) in [7, 11) is 0. The zero-order chi connectivity index (χ0) is 13.1. The van der Waals surface area contributed by atoms with Crippen molar-refractivity contribution in [1.82, 2.24) is 0 Å². The van der Waals surface area contributed by atoms with Crippen molar-refractivity contribution in [2.75, 3.05) is 12.3 Å². The van der Waals surface area contributed by atoms with Crippen LogP contribution in [-0.4, -0.2) is 6.61 Å². The van der Waals surface area contributed by atoms with E-state index < -0.39 is 11.6 Å². The molecule has 0 radical (unpaired) electrons. The first-order chi connectivity index (χ1) is 8.61. The Labute approximate surface area is 104 Å². The molecule has 0 bridgehead atoms. The van der Waals surface area contributed by atoms with Gasteiger partial charge in [-0.15, -0.1) is 0 Å². The number of nitrogen functional groups attached to an aromatic ring is 1. The van der Waals surface area contributed by atoms with E-state index in [9.17, 15) is 8.78 Å². The molecule has 0 fully saturated rings. The molecule has 2 rings (SSSR count). The van der Waals surface area contributed by atoms with Crippen LogP contribution in [0.4, 0.5) is 14.5 Å². The molecule has 4 heteroatoms. The minimum Gasteiger partial charge on any atom is -0.494 e. The lowest BCUT2D eigenvalue weighted by molar-refractivity contribution is 0.340. The standard InChI is InChI=1S/C14H13F2NO/c1-2-18-10-5-3-9(4-6-10)11-7-13(16)14(17)8-12(11)15/h3-8H,2,17H2,1H3. The Hall–Kier alpha value is -2.10. The van der Waals surface area contributed by atoms with E-state index in [-0.39, 0.29) is 11.3 Å². The first kappa shape index (κ1) is 12.4. The molecule has 0 aliphatic carbocycles. The molecule has 0 atom stereocenters. The molecule has 18 heavy (non-hydrogen) atoms. The lowest BCUT2D eigenvalue weighted by Crippen LogP contribution is -1.95. The highest BCUT2D eigenvalue weighted by molar-refractivity contribution is 5.67. The van der Waals surface area contributed by atoms with Gasteiger partial charge in [0.25, 0.3) is 0 Å². The molecule has 0 heterocycles. The maximum atomic E-state index is 13.7. The second-order valence-corrected chi connectivity index (χ2v) is 3.81. The summed E-state index contributed by atoms with van der Waals surface area (Å²) in [6.45, 7) is 2.44. The Balaban J connectivity index is 2.39. The zero-order valence-corrected chi connectivity index (χ0v) is 9.91. The summed E-state index contributed by atoms with van der Waals surface area (Å²) in [5, 5.41) is 0. The molecular formula is C14H13F2NO. The van der Waals surface area contributed by atoms with Gasteiger partial charge >= 0.3 is 0 Å². The van der Waals surface area contributed by atoms with E-state index in [0.29, 0.717) is 17.9 Å². The average molecular weight is 249 g/mol. The van der Waals surface area contributed by atoms with Crippen molar-refractivity contribution >= 4 is 5.69 Å². The number of rotatable bonds is 3. The van der Waals surface area contributed by atoms with Crippen LogP contribution in [0.5, 0.6) is 5.75 Å². The topological polar surface area (TPSA) is 35.2 Å². The molecule has 0 aromatic heterocycles. The summed E-state index contributed by atoms with van der Waals surface area (Å²) in [4.78, 5) is 0. The predicted molar refractivity (Wildman–Crippen MR) is 67.4 cm³/mol. The van der Waals surface area contributed by atoms with Crippen LogP contribution in [-0.2, 0) is 0 Å². The summed E-state index contributed by atoms with van der Waals surface area (Å²) in [6.07, 6.45) is 0. The average Bonchev–Trinajstić information content (AvgIpc) is 2.35. The van der Waals surface area contributed by atoms with Gasteiger partial charge in [0.1, 0.15) is 17.4 Å². The van der Waals surface area contributed by atoms with Gasteiger partial charge in [-0.05, 0) is 30.7 Å². The fraction of sp³-hybridized carbons (Fsp3) is 0.143. The molecule has 0 unspecified atom stereocenters. The highest BCUT2D eigenvalue weighted by Crippen LogP contribution is 2.28. The quantitative estimate of drug-likeness (QED) is 0.843. The largest absolute Gasteiger partial charge is 0.494 e. The third-order valence-electron chi connectivity index (χ3n) is 2.56. The molecule has 0 amide bonds. The number of halogens is 2. The van der Waals surface area contributed by atoms with Crippen LogP contribution in [0.15, 0.2) is 36.4 Å². The zero-order valence-electron chi connectivity index (χ0n) is 9.91.